The number of hydrogen-bond acceptors (Lipinski definition) is 4. The van der Waals surface area contributed by atoms with E-state index in [2.05, 4.69) is 184 Å². The van der Waals surface area contributed by atoms with Gasteiger partial charge in [0, 0.05) is 54.9 Å². The predicted octanol–water partition coefficient (Wildman–Crippen LogP) is 10.4. The fourth-order valence-electron chi connectivity index (χ4n) is 7.68. The van der Waals surface area contributed by atoms with Crippen LogP contribution in [0.2, 0.25) is 0 Å². The minimum atomic E-state index is 0.823. The Balaban J connectivity index is 1.32. The molecule has 2 N–H and O–H groups in total. The van der Waals surface area contributed by atoms with Crippen LogP contribution < -0.4 is 16.0 Å². The van der Waals surface area contributed by atoms with Crippen LogP contribution >= 0.6 is 15.9 Å². The van der Waals surface area contributed by atoms with Crippen LogP contribution in [-0.4, -0.2) is 22.1 Å². The van der Waals surface area contributed by atoms with E-state index in [0.29, 0.717) is 0 Å². The molecule has 0 unspecified atom stereocenters. The Bertz CT molecular complexity index is 2980. The second-order valence-corrected chi connectivity index (χ2v) is 14.8. The van der Waals surface area contributed by atoms with Gasteiger partial charge in [-0.15, -0.1) is 0 Å². The van der Waals surface area contributed by atoms with Crippen molar-refractivity contribution < 1.29 is 0 Å². The smallest absolute Gasteiger partial charge is 0.0825 e. The average molecular weight is 797 g/mol. The van der Waals surface area contributed by atoms with Gasteiger partial charge in [0.05, 0.1) is 34.2 Å². The lowest BCUT2D eigenvalue weighted by Gasteiger charge is -2.13. The lowest BCUT2D eigenvalue weighted by Crippen LogP contribution is -2.19. The largest absolute Gasteiger partial charge is 0.361 e. The van der Waals surface area contributed by atoms with Crippen molar-refractivity contribution in [2.24, 2.45) is 15.0 Å². The molecule has 270 valence electrons. The topological polar surface area (TPSA) is 64.9 Å². The van der Waals surface area contributed by atoms with E-state index in [9.17, 15) is 0 Å². The van der Waals surface area contributed by atoms with Gasteiger partial charge in [0.25, 0.3) is 0 Å². The Morgan fingerprint density at radius 2 is 0.930 bits per heavy atom. The number of H-pyrrole nitrogens is 1. The van der Waals surface area contributed by atoms with Crippen LogP contribution in [0.5, 0.6) is 0 Å². The van der Waals surface area contributed by atoms with Crippen LogP contribution in [-0.2, 0) is 0 Å². The summed E-state index contributed by atoms with van der Waals surface area (Å²) in [6, 6.07) is 54.3. The first-order chi connectivity index (χ1) is 28.2. The number of fused-ring (bicyclic) bond motifs is 5. The van der Waals surface area contributed by atoms with Gasteiger partial charge in [-0.05, 0) is 89.0 Å². The number of allylic oxidation sites excluding steroid dienone is 9. The van der Waals surface area contributed by atoms with Crippen molar-refractivity contribution in [2.45, 2.75) is 0 Å². The maximum atomic E-state index is 5.58. The second-order valence-electron chi connectivity index (χ2n) is 13.9. The quantitative estimate of drug-likeness (QED) is 0.173. The number of rotatable bonds is 6. The van der Waals surface area contributed by atoms with Gasteiger partial charge in [0.1, 0.15) is 0 Å². The molecule has 1 aromatic heterocycles. The van der Waals surface area contributed by atoms with Gasteiger partial charge in [-0.3, -0.25) is 0 Å². The van der Waals surface area contributed by atoms with Crippen LogP contribution in [0.1, 0.15) is 22.3 Å². The Labute approximate surface area is 339 Å². The fraction of sp³-hybridized carbons (Fsp3) is 0. The lowest BCUT2D eigenvalue weighted by molar-refractivity contribution is 1.24. The molecule has 0 amide bonds. The fourth-order valence-corrected chi connectivity index (χ4v) is 7.95. The van der Waals surface area contributed by atoms with Crippen molar-refractivity contribution in [1.29, 1.82) is 0 Å². The van der Waals surface area contributed by atoms with Gasteiger partial charge < -0.3 is 10.3 Å². The molecule has 0 radical (unpaired) electrons. The zero-order valence-electron chi connectivity index (χ0n) is 30.7. The van der Waals surface area contributed by atoms with Crippen molar-refractivity contribution in [3.63, 3.8) is 0 Å². The van der Waals surface area contributed by atoms with E-state index in [1.165, 1.54) is 0 Å². The summed E-state index contributed by atoms with van der Waals surface area (Å²) in [5.74, 6) is 0. The molecule has 5 aromatic carbocycles. The standard InChI is InChI=1S/C51H34BrN5/c52-38-21-23-39(24-22-38)53-32-37-31-46-49(35-17-9-3-10-18-35)44-28-27-42(55-44)47(33-13-5-1-6-14-33)40-25-26-41(54-40)48(34-15-7-2-8-16-34)43-29-30-45(56-43)50(51(37)57-46)36-19-11-4-12-20-36/h1-32,53,55H/b37-32-,47-42?,48-41?,49-44?,50-45?. The summed E-state index contributed by atoms with van der Waals surface area (Å²) < 4.78 is 1.02. The van der Waals surface area contributed by atoms with E-state index < -0.39 is 0 Å². The highest BCUT2D eigenvalue weighted by atomic mass is 79.9. The SMILES string of the molecule is Brc1ccc(N/C=C2/C=C3N=C2C(c2ccccc2)=C2C=CC(=N2)C(c2ccccc2)=C2C=CC(=N2)C(c2ccccc2)=c2ccc([nH]2)=C3c2ccccc2)cc1. The zero-order chi connectivity index (χ0) is 38.1. The molecule has 0 atom stereocenters. The average Bonchev–Trinajstić information content (AvgIpc) is 4.10. The highest BCUT2D eigenvalue weighted by molar-refractivity contribution is 9.10. The highest BCUT2D eigenvalue weighted by Gasteiger charge is 2.28. The van der Waals surface area contributed by atoms with Crippen molar-refractivity contribution in [3.05, 3.63) is 254 Å². The Morgan fingerprint density at radius 1 is 0.456 bits per heavy atom. The van der Waals surface area contributed by atoms with E-state index in [1.807, 2.05) is 36.4 Å². The number of benzene rings is 5. The zero-order valence-corrected chi connectivity index (χ0v) is 32.3. The van der Waals surface area contributed by atoms with E-state index in [-0.39, 0.29) is 0 Å². The third kappa shape index (κ3) is 6.66. The molecule has 0 spiro atoms. The van der Waals surface area contributed by atoms with Crippen molar-refractivity contribution in [3.8, 4) is 0 Å². The molecular weight excluding hydrogens is 762 g/mol. The van der Waals surface area contributed by atoms with Gasteiger partial charge in [-0.1, -0.05) is 137 Å². The molecule has 0 aliphatic carbocycles. The van der Waals surface area contributed by atoms with Crippen LogP contribution in [0.4, 0.5) is 5.69 Å². The van der Waals surface area contributed by atoms with Crippen LogP contribution in [0.3, 0.4) is 0 Å². The summed E-state index contributed by atoms with van der Waals surface area (Å²) in [7, 11) is 0. The van der Waals surface area contributed by atoms with E-state index in [4.69, 9.17) is 15.0 Å². The molecular formula is C51H34BrN5. The molecule has 6 heteroatoms. The maximum Gasteiger partial charge on any atom is 0.0825 e. The molecule has 10 rings (SSSR count). The summed E-state index contributed by atoms with van der Waals surface area (Å²) in [5.41, 5.74) is 15.0. The summed E-state index contributed by atoms with van der Waals surface area (Å²) >= 11 is 3.58. The number of hydrogen-bond donors (Lipinski definition) is 2. The number of halogens is 1. The van der Waals surface area contributed by atoms with Crippen molar-refractivity contribution in [2.75, 3.05) is 5.32 Å². The molecule has 5 nitrogen and oxygen atoms in total. The summed E-state index contributed by atoms with van der Waals surface area (Å²) in [4.78, 5) is 20.3. The molecule has 0 saturated carbocycles. The minimum absolute atomic E-state index is 0.823. The van der Waals surface area contributed by atoms with Crippen LogP contribution in [0, 0.1) is 0 Å². The highest BCUT2D eigenvalue weighted by Crippen LogP contribution is 2.38. The van der Waals surface area contributed by atoms with Gasteiger partial charge in [-0.25, -0.2) is 15.0 Å². The first kappa shape index (κ1) is 34.3. The number of nitrogens with one attached hydrogen (secondary N) is 2. The Morgan fingerprint density at radius 3 is 1.51 bits per heavy atom. The van der Waals surface area contributed by atoms with Gasteiger partial charge >= 0.3 is 0 Å². The Kier molecular flexibility index (Phi) is 8.94. The van der Waals surface area contributed by atoms with E-state index in [1.54, 1.807) is 0 Å². The first-order valence-electron chi connectivity index (χ1n) is 18.9. The molecule has 6 aromatic rings. The van der Waals surface area contributed by atoms with Gasteiger partial charge in [0.2, 0.25) is 0 Å². The number of anilines is 1. The monoisotopic (exact) mass is 795 g/mol. The van der Waals surface area contributed by atoms with Crippen LogP contribution in [0.25, 0.3) is 22.3 Å². The maximum absolute atomic E-state index is 5.58. The normalized spacial score (nSPS) is 16.6. The molecule has 8 bridgehead atoms. The second kappa shape index (κ2) is 14.8. The summed E-state index contributed by atoms with van der Waals surface area (Å²) in [6.45, 7) is 0. The summed E-state index contributed by atoms with van der Waals surface area (Å²) in [6.07, 6.45) is 12.7. The summed E-state index contributed by atoms with van der Waals surface area (Å²) in [5, 5.41) is 5.48. The van der Waals surface area contributed by atoms with E-state index >= 15 is 0 Å². The van der Waals surface area contributed by atoms with Crippen molar-refractivity contribution in [1.82, 2.24) is 4.98 Å². The molecule has 4 aliphatic rings. The number of nitrogens with zero attached hydrogens (tertiary/aromatic N) is 3. The lowest BCUT2D eigenvalue weighted by atomic mass is 9.94. The van der Waals surface area contributed by atoms with Gasteiger partial charge in [-0.2, -0.15) is 0 Å². The molecule has 0 saturated heterocycles. The minimum Gasteiger partial charge on any atom is -0.361 e. The molecule has 0 fully saturated rings. The van der Waals surface area contributed by atoms with Crippen LogP contribution in [0.15, 0.2) is 236 Å². The molecule has 5 heterocycles. The third-order valence-corrected chi connectivity index (χ3v) is 10.8. The molecule has 4 aliphatic heterocycles. The van der Waals surface area contributed by atoms with Crippen molar-refractivity contribution >= 4 is 61.0 Å². The Hall–Kier alpha value is -7.15. The number of aromatic amines is 1. The number of aliphatic imine (C=N–C) groups is 3. The first-order valence-corrected chi connectivity index (χ1v) is 19.7. The predicted molar refractivity (Wildman–Crippen MR) is 239 cm³/mol. The molecule has 57 heavy (non-hydrogen) atoms. The van der Waals surface area contributed by atoms with Gasteiger partial charge in [0.15, 0.2) is 0 Å². The number of aromatic nitrogens is 1. The third-order valence-electron chi connectivity index (χ3n) is 10.3. The van der Waals surface area contributed by atoms with E-state index in [0.717, 1.165) is 105 Å².